The number of para-hydroxylation sites is 1. The van der Waals surface area contributed by atoms with E-state index >= 15 is 0 Å². The normalized spacial score (nSPS) is 31.6. The smallest absolute Gasteiger partial charge is 0.251 e. The van der Waals surface area contributed by atoms with Crippen molar-refractivity contribution >= 4 is 11.8 Å². The van der Waals surface area contributed by atoms with E-state index in [4.69, 9.17) is 9.57 Å². The van der Waals surface area contributed by atoms with Gasteiger partial charge in [-0.25, -0.2) is 0 Å². The fourth-order valence-electron chi connectivity index (χ4n) is 9.51. The Labute approximate surface area is 291 Å². The predicted molar refractivity (Wildman–Crippen MR) is 189 cm³/mol. The second-order valence-corrected chi connectivity index (χ2v) is 15.4. The molecular formula is C39H56N4O6. The number of hydrogen-bond donors (Lipinski definition) is 4. The number of ether oxygens (including phenoxy) is 1. The van der Waals surface area contributed by atoms with E-state index in [2.05, 4.69) is 43.2 Å². The van der Waals surface area contributed by atoms with Gasteiger partial charge in [0.2, 0.25) is 5.91 Å². The van der Waals surface area contributed by atoms with Crippen molar-refractivity contribution in [1.29, 1.82) is 0 Å². The van der Waals surface area contributed by atoms with Gasteiger partial charge in [-0.3, -0.25) is 19.3 Å². The van der Waals surface area contributed by atoms with Crippen LogP contribution in [-0.4, -0.2) is 95.7 Å². The van der Waals surface area contributed by atoms with Crippen molar-refractivity contribution in [3.63, 3.8) is 0 Å². The number of benzene rings is 2. The maximum Gasteiger partial charge on any atom is 0.251 e. The third kappa shape index (κ3) is 6.87. The SMILES string of the molecule is CCN1CCC[C@H]1CNC(=O)c1cccc(-c2cccc(CN3O[C@@H](CO)[C@H]([C@H](C)O)[C@H]3C(=O)NC3C[C@H]4C[C@@H]([C@@H]3C)C4(C)C)c2OC)c1. The van der Waals surface area contributed by atoms with Gasteiger partial charge in [-0.05, 0) is 86.6 Å². The molecule has 0 spiro atoms. The first kappa shape index (κ1) is 35.8. The van der Waals surface area contributed by atoms with Crippen LogP contribution in [0.4, 0.5) is 0 Å². The Balaban J connectivity index is 1.21. The van der Waals surface area contributed by atoms with Gasteiger partial charge in [-0.2, -0.15) is 5.06 Å². The maximum atomic E-state index is 14.1. The van der Waals surface area contributed by atoms with Gasteiger partial charge in [0.15, 0.2) is 0 Å². The molecule has 10 nitrogen and oxygen atoms in total. The summed E-state index contributed by atoms with van der Waals surface area (Å²) in [5.41, 5.74) is 3.30. The summed E-state index contributed by atoms with van der Waals surface area (Å²) in [7, 11) is 1.61. The van der Waals surface area contributed by atoms with Crippen molar-refractivity contribution in [2.75, 3.05) is 33.4 Å². The quantitative estimate of drug-likeness (QED) is 0.264. The molecule has 0 aromatic heterocycles. The van der Waals surface area contributed by atoms with E-state index in [0.29, 0.717) is 47.1 Å². The Morgan fingerprint density at radius 3 is 2.61 bits per heavy atom. The number of rotatable bonds is 12. The standard InChI is InChI=1S/C39H56N4O6/c1-7-42-16-10-14-29(42)20-40-37(46)26-12-8-11-25(17-26)30-15-9-13-27(36(30)48-6)21-43-35(34(24(3)45)33(22-44)49-43)38(47)41-32-19-28-18-31(23(32)2)39(28,4)5/h8-9,11-13,15,17,23-24,28-29,31-35,44-45H,7,10,14,16,18-22H2,1-6H3,(H,40,46)(H,41,47)/t23-,24-,28+,29-,31-,32?,33-,34-,35-/m0/s1. The van der Waals surface area contributed by atoms with Crippen molar-refractivity contribution in [2.45, 2.75) is 97.2 Å². The molecule has 268 valence electrons. The molecule has 2 aromatic rings. The molecule has 5 aliphatic rings. The summed E-state index contributed by atoms with van der Waals surface area (Å²) in [5.74, 6) is 1.20. The number of aliphatic hydroxyl groups excluding tert-OH is 2. The Morgan fingerprint density at radius 2 is 1.94 bits per heavy atom. The lowest BCUT2D eigenvalue weighted by Gasteiger charge is -2.62. The second kappa shape index (κ2) is 14.7. The largest absolute Gasteiger partial charge is 0.496 e. The molecule has 3 aliphatic carbocycles. The van der Waals surface area contributed by atoms with E-state index in [1.807, 2.05) is 42.5 Å². The molecular weight excluding hydrogens is 620 g/mol. The molecule has 49 heavy (non-hydrogen) atoms. The lowest BCUT2D eigenvalue weighted by Crippen LogP contribution is -2.62. The zero-order valence-electron chi connectivity index (χ0n) is 30.0. The van der Waals surface area contributed by atoms with Gasteiger partial charge >= 0.3 is 0 Å². The molecule has 4 N–H and O–H groups in total. The van der Waals surface area contributed by atoms with E-state index in [1.165, 1.54) is 6.42 Å². The molecule has 2 saturated heterocycles. The number of hydroxylamine groups is 2. The minimum atomic E-state index is -0.880. The summed E-state index contributed by atoms with van der Waals surface area (Å²) in [5, 5.41) is 29.2. The van der Waals surface area contributed by atoms with Gasteiger partial charge in [0, 0.05) is 41.2 Å². The Morgan fingerprint density at radius 1 is 1.16 bits per heavy atom. The number of fused-ring (bicyclic) bond motifs is 2. The van der Waals surface area contributed by atoms with E-state index in [1.54, 1.807) is 19.1 Å². The number of carbonyl (C=O) groups is 2. The van der Waals surface area contributed by atoms with Crippen molar-refractivity contribution in [1.82, 2.24) is 20.6 Å². The maximum absolute atomic E-state index is 14.1. The molecule has 2 aliphatic heterocycles. The highest BCUT2D eigenvalue weighted by Crippen LogP contribution is 2.61. The highest BCUT2D eigenvalue weighted by molar-refractivity contribution is 5.95. The Bertz CT molecular complexity index is 1500. The number of likely N-dealkylation sites (N-methyl/N-ethyl adjacent to an activating group) is 1. The van der Waals surface area contributed by atoms with Gasteiger partial charge in [0.1, 0.15) is 17.9 Å². The molecule has 2 amide bonds. The van der Waals surface area contributed by atoms with Gasteiger partial charge in [-0.15, -0.1) is 0 Å². The third-order valence-corrected chi connectivity index (χ3v) is 12.5. The number of nitrogens with one attached hydrogen (secondary N) is 2. The molecule has 0 radical (unpaired) electrons. The summed E-state index contributed by atoms with van der Waals surface area (Å²) in [6.07, 6.45) is 2.80. The first-order valence-electron chi connectivity index (χ1n) is 18.3. The number of carbonyl (C=O) groups excluding carboxylic acids is 2. The number of hydrogen-bond acceptors (Lipinski definition) is 8. The molecule has 10 heteroatoms. The van der Waals surface area contributed by atoms with Crippen LogP contribution >= 0.6 is 0 Å². The molecule has 5 fully saturated rings. The molecule has 3 saturated carbocycles. The molecule has 2 aromatic carbocycles. The molecule has 9 atom stereocenters. The highest BCUT2D eigenvalue weighted by atomic mass is 16.7. The van der Waals surface area contributed by atoms with Crippen LogP contribution < -0.4 is 15.4 Å². The van der Waals surface area contributed by atoms with Crippen molar-refractivity contribution in [2.24, 2.45) is 29.1 Å². The first-order chi connectivity index (χ1) is 23.5. The minimum absolute atomic E-state index is 0.0556. The Hall–Kier alpha value is -3.02. The van der Waals surface area contributed by atoms with Gasteiger partial charge in [0.25, 0.3) is 5.91 Å². The van der Waals surface area contributed by atoms with E-state index in [-0.39, 0.29) is 31.0 Å². The number of nitrogens with zero attached hydrogens (tertiary/aromatic N) is 2. The van der Waals surface area contributed by atoms with Crippen LogP contribution in [0.3, 0.4) is 0 Å². The lowest BCUT2D eigenvalue weighted by atomic mass is 9.45. The van der Waals surface area contributed by atoms with Crippen LogP contribution in [0, 0.1) is 29.1 Å². The first-order valence-corrected chi connectivity index (χ1v) is 18.3. The summed E-state index contributed by atoms with van der Waals surface area (Å²) < 4.78 is 5.99. The average molecular weight is 677 g/mol. The van der Waals surface area contributed by atoms with Crippen LogP contribution in [0.1, 0.15) is 76.2 Å². The second-order valence-electron chi connectivity index (χ2n) is 15.4. The Kier molecular flexibility index (Phi) is 10.7. The third-order valence-electron chi connectivity index (χ3n) is 12.5. The van der Waals surface area contributed by atoms with Crippen LogP contribution in [0.15, 0.2) is 42.5 Å². The van der Waals surface area contributed by atoms with Gasteiger partial charge in [0.05, 0.1) is 26.4 Å². The van der Waals surface area contributed by atoms with Crippen LogP contribution in [0.5, 0.6) is 5.75 Å². The zero-order valence-corrected chi connectivity index (χ0v) is 30.0. The molecule has 2 bridgehead atoms. The van der Waals surface area contributed by atoms with Crippen LogP contribution in [-0.2, 0) is 16.2 Å². The number of amides is 2. The summed E-state index contributed by atoms with van der Waals surface area (Å²) in [6.45, 7) is 13.3. The van der Waals surface area contributed by atoms with Gasteiger partial charge < -0.3 is 25.6 Å². The number of methoxy groups -OCH3 is 1. The fourth-order valence-corrected chi connectivity index (χ4v) is 9.51. The number of likely N-dealkylation sites (tertiary alicyclic amines) is 1. The molecule has 1 unspecified atom stereocenters. The highest BCUT2D eigenvalue weighted by Gasteiger charge is 2.57. The van der Waals surface area contributed by atoms with E-state index < -0.39 is 24.2 Å². The predicted octanol–water partition coefficient (Wildman–Crippen LogP) is 4.24. The number of aliphatic hydroxyl groups is 2. The monoisotopic (exact) mass is 676 g/mol. The van der Waals surface area contributed by atoms with Crippen molar-refractivity contribution in [3.05, 3.63) is 53.6 Å². The topological polar surface area (TPSA) is 124 Å². The van der Waals surface area contributed by atoms with Gasteiger partial charge in [-0.1, -0.05) is 58.0 Å². The lowest BCUT2D eigenvalue weighted by molar-refractivity contribution is -0.183. The van der Waals surface area contributed by atoms with Crippen molar-refractivity contribution in [3.8, 4) is 16.9 Å². The summed E-state index contributed by atoms with van der Waals surface area (Å²) in [6, 6.07) is 13.0. The van der Waals surface area contributed by atoms with Crippen molar-refractivity contribution < 1.29 is 29.4 Å². The van der Waals surface area contributed by atoms with E-state index in [9.17, 15) is 19.8 Å². The van der Waals surface area contributed by atoms with E-state index in [0.717, 1.165) is 49.0 Å². The zero-order chi connectivity index (χ0) is 35.0. The summed E-state index contributed by atoms with van der Waals surface area (Å²) >= 11 is 0. The molecule has 2 heterocycles. The fraction of sp³-hybridized carbons (Fsp3) is 0.641. The van der Waals surface area contributed by atoms with Crippen LogP contribution in [0.2, 0.25) is 0 Å². The van der Waals surface area contributed by atoms with Crippen LogP contribution in [0.25, 0.3) is 11.1 Å². The molecule has 7 rings (SSSR count). The summed E-state index contributed by atoms with van der Waals surface area (Å²) in [4.78, 5) is 36.0. The average Bonchev–Trinajstić information content (AvgIpc) is 3.71. The minimum Gasteiger partial charge on any atom is -0.496 e.